The zero-order chi connectivity index (χ0) is 14.6. The first-order chi connectivity index (χ1) is 8.77. The second-order valence-electron chi connectivity index (χ2n) is 5.24. The van der Waals surface area contributed by atoms with Crippen LogP contribution < -0.4 is 10.1 Å². The average molecular weight is 265 g/mol. The van der Waals surface area contributed by atoms with E-state index in [1.54, 1.807) is 7.11 Å². The molecule has 0 spiro atoms. The van der Waals surface area contributed by atoms with Gasteiger partial charge in [0.1, 0.15) is 11.4 Å². The Morgan fingerprint density at radius 1 is 1.32 bits per heavy atom. The summed E-state index contributed by atoms with van der Waals surface area (Å²) in [6.07, 6.45) is 0.735. The van der Waals surface area contributed by atoms with Crippen molar-refractivity contribution in [3.05, 3.63) is 28.8 Å². The summed E-state index contributed by atoms with van der Waals surface area (Å²) in [5.41, 5.74) is 2.14. The van der Waals surface area contributed by atoms with Crippen LogP contribution in [0.2, 0.25) is 0 Å². The normalized spacial score (nSPS) is 11.3. The molecule has 0 saturated heterocycles. The summed E-state index contributed by atoms with van der Waals surface area (Å²) in [7, 11) is 1.66. The van der Waals surface area contributed by atoms with Crippen molar-refractivity contribution in [1.29, 1.82) is 0 Å². The number of hydrogen-bond donors (Lipinski definition) is 2. The molecule has 0 saturated carbocycles. The molecule has 0 aliphatic carbocycles. The zero-order valence-electron chi connectivity index (χ0n) is 12.3. The Balaban J connectivity index is 2.65. The number of nitrogens with one attached hydrogen (secondary N) is 1. The molecule has 4 heteroatoms. The molecular weight excluding hydrogens is 242 g/mol. The second-order valence-corrected chi connectivity index (χ2v) is 5.24. The van der Waals surface area contributed by atoms with Crippen LogP contribution in [0.1, 0.15) is 30.5 Å². The van der Waals surface area contributed by atoms with Crippen LogP contribution in [0, 0.1) is 13.8 Å². The SMILES string of the molecule is COc1ccc(CCNC(=O)C(C)(C)O)c(C)c1C. The molecule has 2 N–H and O–H groups in total. The number of ether oxygens (including phenoxy) is 1. The minimum absolute atomic E-state index is 0.351. The lowest BCUT2D eigenvalue weighted by molar-refractivity contribution is -0.136. The highest BCUT2D eigenvalue weighted by atomic mass is 16.5. The molecule has 0 aromatic heterocycles. The maximum Gasteiger partial charge on any atom is 0.251 e. The van der Waals surface area contributed by atoms with Gasteiger partial charge in [-0.2, -0.15) is 0 Å². The van der Waals surface area contributed by atoms with Crippen LogP contribution in [0.15, 0.2) is 12.1 Å². The fourth-order valence-corrected chi connectivity index (χ4v) is 1.87. The molecule has 0 fully saturated rings. The van der Waals surface area contributed by atoms with E-state index in [-0.39, 0.29) is 5.91 Å². The number of hydrogen-bond acceptors (Lipinski definition) is 3. The van der Waals surface area contributed by atoms with Crippen molar-refractivity contribution in [2.75, 3.05) is 13.7 Å². The molecule has 0 heterocycles. The number of benzene rings is 1. The summed E-state index contributed by atoms with van der Waals surface area (Å²) in [5.74, 6) is 0.525. The standard InChI is InChI=1S/C15H23NO3/c1-10-11(2)13(19-5)7-6-12(10)8-9-16-14(17)15(3,4)18/h6-7,18H,8-9H2,1-5H3,(H,16,17). The Labute approximate surface area is 114 Å². The van der Waals surface area contributed by atoms with Gasteiger partial charge >= 0.3 is 0 Å². The van der Waals surface area contributed by atoms with Gasteiger partial charge < -0.3 is 15.2 Å². The number of carbonyl (C=O) groups excluding carboxylic acids is 1. The van der Waals surface area contributed by atoms with Crippen molar-refractivity contribution < 1.29 is 14.6 Å². The first-order valence-electron chi connectivity index (χ1n) is 6.41. The summed E-state index contributed by atoms with van der Waals surface area (Å²) in [6, 6.07) is 3.95. The highest BCUT2D eigenvalue weighted by Crippen LogP contribution is 2.23. The topological polar surface area (TPSA) is 58.6 Å². The van der Waals surface area contributed by atoms with Crippen LogP contribution in [-0.2, 0) is 11.2 Å². The minimum Gasteiger partial charge on any atom is -0.496 e. The van der Waals surface area contributed by atoms with Gasteiger partial charge in [-0.15, -0.1) is 0 Å². The molecule has 0 bridgehead atoms. The number of amides is 1. The highest BCUT2D eigenvalue weighted by Gasteiger charge is 2.22. The maximum atomic E-state index is 11.5. The van der Waals surface area contributed by atoms with Crippen LogP contribution in [-0.4, -0.2) is 30.3 Å². The molecule has 1 aromatic rings. The van der Waals surface area contributed by atoms with Gasteiger partial charge in [-0.3, -0.25) is 4.79 Å². The number of rotatable bonds is 5. The smallest absolute Gasteiger partial charge is 0.251 e. The summed E-state index contributed by atoms with van der Waals surface area (Å²) in [5, 5.41) is 12.2. The summed E-state index contributed by atoms with van der Waals surface area (Å²) < 4.78 is 5.27. The van der Waals surface area contributed by atoms with Gasteiger partial charge in [0.25, 0.3) is 5.91 Å². The van der Waals surface area contributed by atoms with Gasteiger partial charge in [-0.05, 0) is 56.9 Å². The first kappa shape index (κ1) is 15.5. The van der Waals surface area contributed by atoms with E-state index >= 15 is 0 Å². The van der Waals surface area contributed by atoms with E-state index in [1.807, 2.05) is 26.0 Å². The van der Waals surface area contributed by atoms with Gasteiger partial charge in [0.15, 0.2) is 0 Å². The molecule has 0 aliphatic heterocycles. The van der Waals surface area contributed by atoms with Crippen LogP contribution in [0.4, 0.5) is 0 Å². The molecular formula is C15H23NO3. The fraction of sp³-hybridized carbons (Fsp3) is 0.533. The molecule has 1 rings (SSSR count). The lowest BCUT2D eigenvalue weighted by Gasteiger charge is -2.17. The summed E-state index contributed by atoms with van der Waals surface area (Å²) >= 11 is 0. The van der Waals surface area contributed by atoms with E-state index in [0.717, 1.165) is 17.7 Å². The number of methoxy groups -OCH3 is 1. The van der Waals surface area contributed by atoms with Crippen molar-refractivity contribution in [2.45, 2.75) is 39.7 Å². The largest absolute Gasteiger partial charge is 0.496 e. The van der Waals surface area contributed by atoms with Crippen molar-refractivity contribution in [2.24, 2.45) is 0 Å². The molecule has 0 aliphatic rings. The maximum absolute atomic E-state index is 11.5. The molecule has 19 heavy (non-hydrogen) atoms. The van der Waals surface area contributed by atoms with Crippen LogP contribution in [0.3, 0.4) is 0 Å². The molecule has 1 amide bonds. The van der Waals surface area contributed by atoms with Gasteiger partial charge in [0.05, 0.1) is 7.11 Å². The third-order valence-corrected chi connectivity index (χ3v) is 3.31. The molecule has 0 atom stereocenters. The molecule has 0 unspecified atom stereocenters. The Hall–Kier alpha value is -1.55. The van der Waals surface area contributed by atoms with Gasteiger partial charge in [0, 0.05) is 6.54 Å². The highest BCUT2D eigenvalue weighted by molar-refractivity contribution is 5.83. The van der Waals surface area contributed by atoms with E-state index < -0.39 is 5.60 Å². The Morgan fingerprint density at radius 2 is 1.95 bits per heavy atom. The molecule has 0 radical (unpaired) electrons. The lowest BCUT2D eigenvalue weighted by Crippen LogP contribution is -2.42. The Kier molecular flexibility index (Phi) is 4.95. The third-order valence-electron chi connectivity index (χ3n) is 3.31. The first-order valence-corrected chi connectivity index (χ1v) is 6.41. The van der Waals surface area contributed by atoms with Crippen molar-refractivity contribution >= 4 is 5.91 Å². The van der Waals surface area contributed by atoms with E-state index in [2.05, 4.69) is 5.32 Å². The van der Waals surface area contributed by atoms with E-state index in [4.69, 9.17) is 4.74 Å². The van der Waals surface area contributed by atoms with Crippen molar-refractivity contribution in [1.82, 2.24) is 5.32 Å². The van der Waals surface area contributed by atoms with E-state index in [1.165, 1.54) is 25.0 Å². The monoisotopic (exact) mass is 265 g/mol. The predicted octanol–water partition coefficient (Wildman–Crippen LogP) is 1.74. The van der Waals surface area contributed by atoms with E-state index in [9.17, 15) is 9.90 Å². The number of carbonyl (C=O) groups is 1. The molecule has 106 valence electrons. The van der Waals surface area contributed by atoms with Crippen LogP contribution in [0.5, 0.6) is 5.75 Å². The minimum atomic E-state index is -1.33. The quantitative estimate of drug-likeness (QED) is 0.852. The van der Waals surface area contributed by atoms with Crippen LogP contribution >= 0.6 is 0 Å². The number of aliphatic hydroxyl groups is 1. The van der Waals surface area contributed by atoms with Gasteiger partial charge in [-0.1, -0.05) is 6.07 Å². The Morgan fingerprint density at radius 3 is 2.47 bits per heavy atom. The third kappa shape index (κ3) is 3.96. The zero-order valence-corrected chi connectivity index (χ0v) is 12.3. The van der Waals surface area contributed by atoms with Crippen molar-refractivity contribution in [3.63, 3.8) is 0 Å². The predicted molar refractivity (Wildman–Crippen MR) is 75.5 cm³/mol. The van der Waals surface area contributed by atoms with E-state index in [0.29, 0.717) is 6.54 Å². The molecule has 1 aromatic carbocycles. The van der Waals surface area contributed by atoms with Gasteiger partial charge in [0.2, 0.25) is 0 Å². The average Bonchev–Trinajstić information content (AvgIpc) is 2.33. The summed E-state index contributed by atoms with van der Waals surface area (Å²) in [6.45, 7) is 7.53. The Bertz CT molecular complexity index is 461. The fourth-order valence-electron chi connectivity index (χ4n) is 1.87. The summed E-state index contributed by atoms with van der Waals surface area (Å²) in [4.78, 5) is 11.5. The molecule has 4 nitrogen and oxygen atoms in total. The van der Waals surface area contributed by atoms with Crippen molar-refractivity contribution in [3.8, 4) is 5.75 Å². The lowest BCUT2D eigenvalue weighted by atomic mass is 10.00. The van der Waals surface area contributed by atoms with Crippen LogP contribution in [0.25, 0.3) is 0 Å². The second kappa shape index (κ2) is 6.06. The van der Waals surface area contributed by atoms with Gasteiger partial charge in [-0.25, -0.2) is 0 Å².